The Kier molecular flexibility index (Phi) is 5.73. The highest BCUT2D eigenvalue weighted by molar-refractivity contribution is 8.00. The van der Waals surface area contributed by atoms with E-state index in [1.807, 2.05) is 0 Å². The molecule has 0 radical (unpaired) electrons. The molecule has 0 aliphatic heterocycles. The molecule has 1 atom stereocenters. The Morgan fingerprint density at radius 1 is 1.11 bits per heavy atom. The van der Waals surface area contributed by atoms with Gasteiger partial charge in [-0.1, -0.05) is 30.0 Å². The maximum atomic E-state index is 13.1. The molecule has 0 saturated carbocycles. The predicted octanol–water partition coefficient (Wildman–Crippen LogP) is 4.78. The number of ether oxygens (including phenoxy) is 1. The zero-order valence-electron chi connectivity index (χ0n) is 14.9. The molecule has 0 bridgehead atoms. The molecule has 5 nitrogen and oxygen atoms in total. The molecule has 3 rings (SSSR count). The molecular formula is C19H16F3N3O2S. The standard InChI is InChI=1S/C19H16F3N3O2S/c1-11(16(26)23-12-7-9-13(27-2)10-8-12)28-17-14-5-3-4-6-15(14)24-18(25-17)19(20,21)22/h3-11H,1-2H3,(H,23,26)/t11-/m1/s1. The van der Waals surface area contributed by atoms with Crippen LogP contribution < -0.4 is 10.1 Å². The molecule has 0 saturated heterocycles. The van der Waals surface area contributed by atoms with Crippen LogP contribution in [0.4, 0.5) is 18.9 Å². The van der Waals surface area contributed by atoms with Gasteiger partial charge in [0, 0.05) is 11.1 Å². The molecule has 2 aromatic carbocycles. The van der Waals surface area contributed by atoms with Crippen molar-refractivity contribution in [2.75, 3.05) is 12.4 Å². The van der Waals surface area contributed by atoms with Gasteiger partial charge in [-0.2, -0.15) is 13.2 Å². The third-order valence-electron chi connectivity index (χ3n) is 3.84. The van der Waals surface area contributed by atoms with Gasteiger partial charge in [0.2, 0.25) is 11.7 Å². The van der Waals surface area contributed by atoms with Gasteiger partial charge in [0.05, 0.1) is 17.9 Å². The summed E-state index contributed by atoms with van der Waals surface area (Å²) in [5, 5.41) is 2.62. The number of benzene rings is 2. The minimum Gasteiger partial charge on any atom is -0.497 e. The second-order valence-corrected chi connectivity index (χ2v) is 7.17. The number of hydrogen-bond donors (Lipinski definition) is 1. The highest BCUT2D eigenvalue weighted by Crippen LogP contribution is 2.33. The van der Waals surface area contributed by atoms with Crippen molar-refractivity contribution in [3.8, 4) is 5.75 Å². The summed E-state index contributed by atoms with van der Waals surface area (Å²) in [7, 11) is 1.54. The number of nitrogens with one attached hydrogen (secondary N) is 1. The summed E-state index contributed by atoms with van der Waals surface area (Å²) < 4.78 is 44.4. The smallest absolute Gasteiger partial charge is 0.451 e. The average molecular weight is 407 g/mol. The lowest BCUT2D eigenvalue weighted by molar-refractivity contribution is -0.145. The number of halogens is 3. The number of anilines is 1. The number of hydrogen-bond acceptors (Lipinski definition) is 5. The summed E-state index contributed by atoms with van der Waals surface area (Å²) in [5.41, 5.74) is 0.733. The maximum Gasteiger partial charge on any atom is 0.451 e. The number of aromatic nitrogens is 2. The van der Waals surface area contributed by atoms with Crippen LogP contribution in [-0.4, -0.2) is 28.2 Å². The third kappa shape index (κ3) is 4.53. The Labute approximate surface area is 163 Å². The van der Waals surface area contributed by atoms with Gasteiger partial charge in [0.25, 0.3) is 0 Å². The zero-order valence-corrected chi connectivity index (χ0v) is 15.8. The Hall–Kier alpha value is -2.81. The first-order chi connectivity index (χ1) is 13.3. The summed E-state index contributed by atoms with van der Waals surface area (Å²) in [4.78, 5) is 19.7. The van der Waals surface area contributed by atoms with Gasteiger partial charge in [-0.05, 0) is 37.3 Å². The Morgan fingerprint density at radius 3 is 2.43 bits per heavy atom. The molecule has 1 N–H and O–H groups in total. The van der Waals surface area contributed by atoms with E-state index in [1.165, 1.54) is 13.2 Å². The van der Waals surface area contributed by atoms with Crippen molar-refractivity contribution in [1.29, 1.82) is 0 Å². The average Bonchev–Trinajstić information content (AvgIpc) is 2.67. The second kappa shape index (κ2) is 8.05. The van der Waals surface area contributed by atoms with Crippen molar-refractivity contribution in [2.24, 2.45) is 0 Å². The van der Waals surface area contributed by atoms with E-state index in [4.69, 9.17) is 4.74 Å². The van der Waals surface area contributed by atoms with Crippen LogP contribution in [0.25, 0.3) is 10.9 Å². The largest absolute Gasteiger partial charge is 0.497 e. The molecule has 146 valence electrons. The van der Waals surface area contributed by atoms with E-state index in [9.17, 15) is 18.0 Å². The molecule has 1 amide bonds. The first-order valence-electron chi connectivity index (χ1n) is 8.23. The monoisotopic (exact) mass is 407 g/mol. The highest BCUT2D eigenvalue weighted by Gasteiger charge is 2.35. The summed E-state index contributed by atoms with van der Waals surface area (Å²) in [6, 6.07) is 13.1. The summed E-state index contributed by atoms with van der Waals surface area (Å²) in [5.74, 6) is -0.935. The number of carbonyl (C=O) groups is 1. The molecule has 0 unspecified atom stereocenters. The summed E-state index contributed by atoms with van der Waals surface area (Å²) in [6.07, 6.45) is -4.67. The van der Waals surface area contributed by atoms with E-state index >= 15 is 0 Å². The molecule has 1 heterocycles. The van der Waals surface area contributed by atoms with Crippen LogP contribution in [0.5, 0.6) is 5.75 Å². The van der Waals surface area contributed by atoms with Crippen LogP contribution in [0.1, 0.15) is 12.7 Å². The topological polar surface area (TPSA) is 64.1 Å². The Balaban J connectivity index is 1.83. The summed E-state index contributed by atoms with van der Waals surface area (Å²) in [6.45, 7) is 1.60. The minimum atomic E-state index is -4.67. The Morgan fingerprint density at radius 2 is 1.79 bits per heavy atom. The van der Waals surface area contributed by atoms with E-state index < -0.39 is 17.3 Å². The third-order valence-corrected chi connectivity index (χ3v) is 4.94. The molecule has 28 heavy (non-hydrogen) atoms. The number of fused-ring (bicyclic) bond motifs is 1. The van der Waals surface area contributed by atoms with Gasteiger partial charge in [0.15, 0.2) is 0 Å². The normalized spacial score (nSPS) is 12.6. The first-order valence-corrected chi connectivity index (χ1v) is 9.11. The van der Waals surface area contributed by atoms with Crippen molar-refractivity contribution in [1.82, 2.24) is 9.97 Å². The number of para-hydroxylation sites is 1. The van der Waals surface area contributed by atoms with Crippen molar-refractivity contribution >= 4 is 34.3 Å². The van der Waals surface area contributed by atoms with E-state index in [2.05, 4.69) is 15.3 Å². The van der Waals surface area contributed by atoms with E-state index in [0.29, 0.717) is 16.8 Å². The van der Waals surface area contributed by atoms with Crippen LogP contribution >= 0.6 is 11.8 Å². The van der Waals surface area contributed by atoms with Crippen LogP contribution in [0.15, 0.2) is 53.6 Å². The fourth-order valence-corrected chi connectivity index (χ4v) is 3.34. The lowest BCUT2D eigenvalue weighted by atomic mass is 10.2. The van der Waals surface area contributed by atoms with Gasteiger partial charge >= 0.3 is 6.18 Å². The molecule has 0 aliphatic rings. The number of rotatable bonds is 5. The molecule has 1 aromatic heterocycles. The van der Waals surface area contributed by atoms with Crippen LogP contribution in [0.3, 0.4) is 0 Å². The zero-order chi connectivity index (χ0) is 20.3. The lowest BCUT2D eigenvalue weighted by Gasteiger charge is -2.14. The molecule has 9 heteroatoms. The van der Waals surface area contributed by atoms with Crippen LogP contribution in [0.2, 0.25) is 0 Å². The molecule has 0 aliphatic carbocycles. The SMILES string of the molecule is COc1ccc(NC(=O)[C@@H](C)Sc2nc(C(F)(F)F)nc3ccccc23)cc1. The van der Waals surface area contributed by atoms with Gasteiger partial charge in [-0.15, -0.1) is 0 Å². The van der Waals surface area contributed by atoms with Crippen LogP contribution in [0, 0.1) is 0 Å². The maximum absolute atomic E-state index is 13.1. The minimum absolute atomic E-state index is 0.107. The van der Waals surface area contributed by atoms with E-state index in [1.54, 1.807) is 49.4 Å². The van der Waals surface area contributed by atoms with Crippen molar-refractivity contribution < 1.29 is 22.7 Å². The van der Waals surface area contributed by atoms with E-state index in [-0.39, 0.29) is 16.4 Å². The number of thioether (sulfide) groups is 1. The predicted molar refractivity (Wildman–Crippen MR) is 101 cm³/mol. The number of amides is 1. The number of carbonyl (C=O) groups excluding carboxylic acids is 1. The van der Waals surface area contributed by atoms with Gasteiger partial charge in [-0.25, -0.2) is 9.97 Å². The molecule has 0 spiro atoms. The van der Waals surface area contributed by atoms with Gasteiger partial charge in [-0.3, -0.25) is 4.79 Å². The Bertz CT molecular complexity index is 994. The number of alkyl halides is 3. The fraction of sp³-hybridized carbons (Fsp3) is 0.211. The van der Waals surface area contributed by atoms with E-state index in [0.717, 1.165) is 11.8 Å². The highest BCUT2D eigenvalue weighted by atomic mass is 32.2. The summed E-state index contributed by atoms with van der Waals surface area (Å²) >= 11 is 0.951. The second-order valence-electron chi connectivity index (χ2n) is 5.85. The van der Waals surface area contributed by atoms with Gasteiger partial charge < -0.3 is 10.1 Å². The quantitative estimate of drug-likeness (QED) is 0.487. The van der Waals surface area contributed by atoms with Crippen molar-refractivity contribution in [3.05, 3.63) is 54.4 Å². The first kappa shape index (κ1) is 19.9. The fourth-order valence-electron chi connectivity index (χ4n) is 2.40. The molecular weight excluding hydrogens is 391 g/mol. The lowest BCUT2D eigenvalue weighted by Crippen LogP contribution is -2.22. The van der Waals surface area contributed by atoms with Crippen LogP contribution in [-0.2, 0) is 11.0 Å². The van der Waals surface area contributed by atoms with Crippen molar-refractivity contribution in [2.45, 2.75) is 23.4 Å². The molecule has 3 aromatic rings. The van der Waals surface area contributed by atoms with Gasteiger partial charge in [0.1, 0.15) is 10.8 Å². The number of nitrogens with zero attached hydrogens (tertiary/aromatic N) is 2. The molecule has 0 fully saturated rings. The number of methoxy groups -OCH3 is 1. The van der Waals surface area contributed by atoms with Crippen molar-refractivity contribution in [3.63, 3.8) is 0 Å².